The first-order valence-electron chi connectivity index (χ1n) is 5.91. The SMILES string of the molecule is Nc1c(O)cccc1[N+](=O)[O-].Nc1nc2ccccc2[nH]1. The van der Waals surface area contributed by atoms with E-state index in [1.807, 2.05) is 24.3 Å². The largest absolute Gasteiger partial charge is 0.506 e. The van der Waals surface area contributed by atoms with Crippen LogP contribution in [0.3, 0.4) is 0 Å². The number of aromatic hydroxyl groups is 1. The van der Waals surface area contributed by atoms with Crippen molar-refractivity contribution < 1.29 is 10.0 Å². The average Bonchev–Trinajstić information content (AvgIpc) is 2.82. The van der Waals surface area contributed by atoms with Gasteiger partial charge < -0.3 is 21.6 Å². The van der Waals surface area contributed by atoms with Gasteiger partial charge >= 0.3 is 0 Å². The molecule has 21 heavy (non-hydrogen) atoms. The van der Waals surface area contributed by atoms with Crippen LogP contribution in [0.5, 0.6) is 5.75 Å². The molecule has 0 saturated carbocycles. The highest BCUT2D eigenvalue weighted by molar-refractivity contribution is 5.76. The number of anilines is 2. The van der Waals surface area contributed by atoms with Crippen LogP contribution in [0.15, 0.2) is 42.5 Å². The number of phenols is 1. The molecule has 0 aliphatic carbocycles. The van der Waals surface area contributed by atoms with Crippen molar-refractivity contribution in [1.82, 2.24) is 9.97 Å². The maximum absolute atomic E-state index is 10.2. The zero-order valence-corrected chi connectivity index (χ0v) is 10.9. The Hall–Kier alpha value is -3.29. The second-order valence-corrected chi connectivity index (χ2v) is 4.11. The van der Waals surface area contributed by atoms with Gasteiger partial charge in [0.2, 0.25) is 0 Å². The van der Waals surface area contributed by atoms with Crippen molar-refractivity contribution >= 4 is 28.4 Å². The molecule has 0 radical (unpaired) electrons. The van der Waals surface area contributed by atoms with Gasteiger partial charge in [0.05, 0.1) is 16.0 Å². The summed E-state index contributed by atoms with van der Waals surface area (Å²) in [6.07, 6.45) is 0. The maximum Gasteiger partial charge on any atom is 0.295 e. The number of fused-ring (bicyclic) bond motifs is 1. The van der Waals surface area contributed by atoms with Gasteiger partial charge in [-0.3, -0.25) is 10.1 Å². The molecule has 1 heterocycles. The Morgan fingerprint density at radius 1 is 1.14 bits per heavy atom. The third kappa shape index (κ3) is 3.18. The lowest BCUT2D eigenvalue weighted by Crippen LogP contribution is -1.94. The summed E-state index contributed by atoms with van der Waals surface area (Å²) in [5.41, 5.74) is 12.0. The third-order valence-corrected chi connectivity index (χ3v) is 2.66. The van der Waals surface area contributed by atoms with E-state index in [-0.39, 0.29) is 17.1 Å². The molecule has 8 nitrogen and oxygen atoms in total. The highest BCUT2D eigenvalue weighted by Gasteiger charge is 2.12. The molecule has 3 rings (SSSR count). The second-order valence-electron chi connectivity index (χ2n) is 4.11. The number of nitrogens with two attached hydrogens (primary N) is 2. The van der Waals surface area contributed by atoms with E-state index < -0.39 is 4.92 Å². The topological polar surface area (TPSA) is 144 Å². The van der Waals surface area contributed by atoms with Gasteiger partial charge in [-0.25, -0.2) is 4.98 Å². The molecular formula is C13H13N5O3. The van der Waals surface area contributed by atoms with Gasteiger partial charge in [0.15, 0.2) is 11.6 Å². The number of hydrogen-bond donors (Lipinski definition) is 4. The average molecular weight is 287 g/mol. The van der Waals surface area contributed by atoms with Gasteiger partial charge in [0.25, 0.3) is 5.69 Å². The molecule has 0 atom stereocenters. The zero-order chi connectivity index (χ0) is 15.4. The molecule has 0 amide bonds. The molecule has 108 valence electrons. The highest BCUT2D eigenvalue weighted by atomic mass is 16.6. The van der Waals surface area contributed by atoms with Crippen LogP contribution in [0.4, 0.5) is 17.3 Å². The minimum atomic E-state index is -0.644. The quantitative estimate of drug-likeness (QED) is 0.233. The first-order chi connectivity index (χ1) is 9.99. The van der Waals surface area contributed by atoms with Crippen molar-refractivity contribution in [3.05, 3.63) is 52.6 Å². The Morgan fingerprint density at radius 3 is 2.48 bits per heavy atom. The number of benzene rings is 2. The third-order valence-electron chi connectivity index (χ3n) is 2.66. The minimum Gasteiger partial charge on any atom is -0.506 e. The summed E-state index contributed by atoms with van der Waals surface area (Å²) in [4.78, 5) is 16.5. The van der Waals surface area contributed by atoms with E-state index in [0.29, 0.717) is 5.95 Å². The van der Waals surface area contributed by atoms with E-state index in [0.717, 1.165) is 11.0 Å². The van der Waals surface area contributed by atoms with E-state index in [4.69, 9.17) is 16.6 Å². The van der Waals surface area contributed by atoms with E-state index in [1.54, 1.807) is 0 Å². The number of nitrogens with one attached hydrogen (secondary N) is 1. The Morgan fingerprint density at radius 2 is 1.86 bits per heavy atom. The van der Waals surface area contributed by atoms with Gasteiger partial charge in [-0.1, -0.05) is 18.2 Å². The number of para-hydroxylation sites is 3. The summed E-state index contributed by atoms with van der Waals surface area (Å²) >= 11 is 0. The fraction of sp³-hybridized carbons (Fsp3) is 0. The number of H-pyrrole nitrogens is 1. The van der Waals surface area contributed by atoms with Crippen LogP contribution in [-0.4, -0.2) is 20.0 Å². The van der Waals surface area contributed by atoms with Gasteiger partial charge in [-0.15, -0.1) is 0 Å². The predicted octanol–water partition coefficient (Wildman–Crippen LogP) is 2.03. The van der Waals surface area contributed by atoms with E-state index in [9.17, 15) is 10.1 Å². The molecule has 1 aromatic heterocycles. The van der Waals surface area contributed by atoms with Crippen molar-refractivity contribution in [2.75, 3.05) is 11.5 Å². The molecule has 3 aromatic rings. The lowest BCUT2D eigenvalue weighted by atomic mass is 10.2. The second kappa shape index (κ2) is 5.78. The summed E-state index contributed by atoms with van der Waals surface area (Å²) < 4.78 is 0. The summed E-state index contributed by atoms with van der Waals surface area (Å²) in [7, 11) is 0. The standard InChI is InChI=1S/C7H7N3.C6H6N2O3/c8-7-9-5-3-1-2-4-6(5)10-7;7-6-4(8(10)11)2-1-3-5(6)9/h1-4H,(H3,8,9,10);1-3,9H,7H2. The number of aromatic amines is 1. The van der Waals surface area contributed by atoms with Crippen molar-refractivity contribution in [2.24, 2.45) is 0 Å². The fourth-order valence-corrected chi connectivity index (χ4v) is 1.67. The fourth-order valence-electron chi connectivity index (χ4n) is 1.67. The Labute approximate surface area is 119 Å². The number of aromatic nitrogens is 2. The van der Waals surface area contributed by atoms with Crippen LogP contribution in [0, 0.1) is 10.1 Å². The van der Waals surface area contributed by atoms with E-state index >= 15 is 0 Å². The molecule has 2 aromatic carbocycles. The molecule has 0 fully saturated rings. The summed E-state index contributed by atoms with van der Waals surface area (Å²) in [5.74, 6) is 0.209. The summed E-state index contributed by atoms with van der Waals surface area (Å²) in [6, 6.07) is 11.6. The van der Waals surface area contributed by atoms with Crippen molar-refractivity contribution in [2.45, 2.75) is 0 Å². The smallest absolute Gasteiger partial charge is 0.295 e. The minimum absolute atomic E-state index is 0.197. The number of phenolic OH excluding ortho intramolecular Hbond substituents is 1. The molecule has 0 spiro atoms. The Bertz CT molecular complexity index is 751. The number of hydrogen-bond acceptors (Lipinski definition) is 6. The first-order valence-corrected chi connectivity index (χ1v) is 5.91. The first kappa shape index (κ1) is 14.1. The molecule has 8 heteroatoms. The number of nitro groups is 1. The van der Waals surface area contributed by atoms with Crippen LogP contribution >= 0.6 is 0 Å². The molecule has 0 bridgehead atoms. The van der Waals surface area contributed by atoms with Gasteiger partial charge in [0.1, 0.15) is 5.75 Å². The Kier molecular flexibility index (Phi) is 3.89. The number of nitrogen functional groups attached to an aromatic ring is 2. The van der Waals surface area contributed by atoms with Crippen LogP contribution in [0.2, 0.25) is 0 Å². The van der Waals surface area contributed by atoms with Crippen LogP contribution in [0.1, 0.15) is 0 Å². The van der Waals surface area contributed by atoms with Crippen molar-refractivity contribution in [3.63, 3.8) is 0 Å². The lowest BCUT2D eigenvalue weighted by Gasteiger charge is -1.97. The zero-order valence-electron chi connectivity index (χ0n) is 10.9. The molecule has 0 saturated heterocycles. The molecular weight excluding hydrogens is 274 g/mol. The summed E-state index contributed by atoms with van der Waals surface area (Å²) in [6.45, 7) is 0. The van der Waals surface area contributed by atoms with Crippen molar-refractivity contribution in [3.8, 4) is 5.75 Å². The molecule has 6 N–H and O–H groups in total. The van der Waals surface area contributed by atoms with Crippen LogP contribution in [0.25, 0.3) is 11.0 Å². The highest BCUT2D eigenvalue weighted by Crippen LogP contribution is 2.29. The summed E-state index contributed by atoms with van der Waals surface area (Å²) in [5, 5.41) is 19.1. The van der Waals surface area contributed by atoms with E-state index in [2.05, 4.69) is 9.97 Å². The van der Waals surface area contributed by atoms with E-state index in [1.165, 1.54) is 18.2 Å². The maximum atomic E-state index is 10.2. The predicted molar refractivity (Wildman–Crippen MR) is 79.7 cm³/mol. The monoisotopic (exact) mass is 287 g/mol. The normalized spacial score (nSPS) is 9.90. The number of nitrogens with zero attached hydrogens (tertiary/aromatic N) is 2. The lowest BCUT2D eigenvalue weighted by molar-refractivity contribution is -0.384. The number of rotatable bonds is 1. The number of imidazole rings is 1. The van der Waals surface area contributed by atoms with Gasteiger partial charge in [-0.2, -0.15) is 0 Å². The van der Waals surface area contributed by atoms with Crippen molar-refractivity contribution in [1.29, 1.82) is 0 Å². The molecule has 0 aliphatic heterocycles. The number of nitro benzene ring substituents is 1. The van der Waals surface area contributed by atoms with Crippen LogP contribution in [-0.2, 0) is 0 Å². The molecule has 0 aliphatic rings. The Balaban J connectivity index is 0.000000154. The van der Waals surface area contributed by atoms with Gasteiger partial charge in [0, 0.05) is 6.07 Å². The molecule has 0 unspecified atom stereocenters. The van der Waals surface area contributed by atoms with Gasteiger partial charge in [-0.05, 0) is 18.2 Å². The van der Waals surface area contributed by atoms with Crippen LogP contribution < -0.4 is 11.5 Å².